The van der Waals surface area contributed by atoms with E-state index in [9.17, 15) is 0 Å². The molecule has 3 rings (SSSR count). The van der Waals surface area contributed by atoms with Crippen LogP contribution in [0.4, 0.5) is 11.5 Å². The van der Waals surface area contributed by atoms with Crippen LogP contribution < -0.4 is 11.5 Å². The number of fused-ring (bicyclic) bond motifs is 1. The fourth-order valence-corrected chi connectivity index (χ4v) is 2.21. The van der Waals surface area contributed by atoms with Gasteiger partial charge in [0.2, 0.25) is 0 Å². The van der Waals surface area contributed by atoms with E-state index in [1.54, 1.807) is 4.68 Å². The smallest absolute Gasteiger partial charge is 0.163 e. The maximum Gasteiger partial charge on any atom is 0.163 e. The number of aromatic nitrogens is 4. The molecule has 6 nitrogen and oxygen atoms in total. The van der Waals surface area contributed by atoms with Crippen LogP contribution in [0.25, 0.3) is 11.0 Å². The topological polar surface area (TPSA) is 95.6 Å². The SMILES string of the molecule is Cn1nc(Cc2cccc(N)c2)c2c(N)ncnc21. The normalized spacial score (nSPS) is 11.0. The zero-order valence-electron chi connectivity index (χ0n) is 10.5. The first-order valence-corrected chi connectivity index (χ1v) is 5.91. The zero-order valence-corrected chi connectivity index (χ0v) is 10.5. The van der Waals surface area contributed by atoms with Crippen molar-refractivity contribution in [2.24, 2.45) is 7.05 Å². The summed E-state index contributed by atoms with van der Waals surface area (Å²) in [5.74, 6) is 0.456. The molecule has 3 aromatic rings. The molecule has 1 aromatic carbocycles. The average Bonchev–Trinajstić information content (AvgIpc) is 2.68. The van der Waals surface area contributed by atoms with Crippen molar-refractivity contribution in [3.8, 4) is 0 Å². The predicted molar refractivity (Wildman–Crippen MR) is 74.4 cm³/mol. The Morgan fingerprint density at radius 3 is 2.84 bits per heavy atom. The largest absolute Gasteiger partial charge is 0.399 e. The maximum atomic E-state index is 5.92. The number of nitrogen functional groups attached to an aromatic ring is 2. The van der Waals surface area contributed by atoms with E-state index in [-0.39, 0.29) is 0 Å². The number of nitrogens with zero attached hydrogens (tertiary/aromatic N) is 4. The van der Waals surface area contributed by atoms with Gasteiger partial charge in [-0.2, -0.15) is 5.10 Å². The Morgan fingerprint density at radius 1 is 1.21 bits per heavy atom. The van der Waals surface area contributed by atoms with Gasteiger partial charge in [0.25, 0.3) is 0 Å². The fourth-order valence-electron chi connectivity index (χ4n) is 2.21. The van der Waals surface area contributed by atoms with E-state index < -0.39 is 0 Å². The van der Waals surface area contributed by atoms with Crippen LogP contribution in [-0.4, -0.2) is 19.7 Å². The van der Waals surface area contributed by atoms with Crippen molar-refractivity contribution in [1.82, 2.24) is 19.7 Å². The molecule has 0 amide bonds. The molecule has 0 fully saturated rings. The van der Waals surface area contributed by atoms with Gasteiger partial charge in [-0.1, -0.05) is 12.1 Å². The Labute approximate surface area is 110 Å². The lowest BCUT2D eigenvalue weighted by atomic mass is 10.1. The third-order valence-electron chi connectivity index (χ3n) is 3.05. The van der Waals surface area contributed by atoms with Gasteiger partial charge in [-0.05, 0) is 17.7 Å². The summed E-state index contributed by atoms with van der Waals surface area (Å²) >= 11 is 0. The van der Waals surface area contributed by atoms with Crippen molar-refractivity contribution >= 4 is 22.5 Å². The highest BCUT2D eigenvalue weighted by Crippen LogP contribution is 2.23. The number of hydrogen-bond acceptors (Lipinski definition) is 5. The molecule has 0 unspecified atom stereocenters. The van der Waals surface area contributed by atoms with Crippen LogP contribution in [0, 0.1) is 0 Å². The molecule has 0 spiro atoms. The second-order valence-corrected chi connectivity index (χ2v) is 4.45. The van der Waals surface area contributed by atoms with Gasteiger partial charge in [0.1, 0.15) is 12.1 Å². The van der Waals surface area contributed by atoms with Gasteiger partial charge >= 0.3 is 0 Å². The van der Waals surface area contributed by atoms with Crippen LogP contribution in [0.1, 0.15) is 11.3 Å². The van der Waals surface area contributed by atoms with E-state index >= 15 is 0 Å². The summed E-state index contributed by atoms with van der Waals surface area (Å²) in [6.07, 6.45) is 2.10. The molecule has 0 radical (unpaired) electrons. The van der Waals surface area contributed by atoms with Gasteiger partial charge < -0.3 is 11.5 Å². The third-order valence-corrected chi connectivity index (χ3v) is 3.05. The quantitative estimate of drug-likeness (QED) is 0.668. The average molecular weight is 254 g/mol. The highest BCUT2D eigenvalue weighted by atomic mass is 15.3. The molecular weight excluding hydrogens is 240 g/mol. The number of benzene rings is 1. The molecule has 4 N–H and O–H groups in total. The number of rotatable bonds is 2. The van der Waals surface area contributed by atoms with Crippen molar-refractivity contribution < 1.29 is 0 Å². The molecular formula is C13H14N6. The molecule has 0 aliphatic rings. The molecule has 96 valence electrons. The lowest BCUT2D eigenvalue weighted by Crippen LogP contribution is -1.96. The monoisotopic (exact) mass is 254 g/mol. The number of aryl methyl sites for hydroxylation is 1. The molecule has 0 bridgehead atoms. The van der Waals surface area contributed by atoms with Gasteiger partial charge in [-0.15, -0.1) is 0 Å². The third kappa shape index (κ3) is 1.97. The Bertz CT molecular complexity index is 746. The van der Waals surface area contributed by atoms with E-state index in [0.717, 1.165) is 28.0 Å². The summed E-state index contributed by atoms with van der Waals surface area (Å²) in [6.45, 7) is 0. The lowest BCUT2D eigenvalue weighted by Gasteiger charge is -2.01. The predicted octanol–water partition coefficient (Wildman–Crippen LogP) is 1.12. The second kappa shape index (κ2) is 4.24. The highest BCUT2D eigenvalue weighted by Gasteiger charge is 2.13. The molecule has 0 saturated carbocycles. The molecule has 0 aliphatic carbocycles. The van der Waals surface area contributed by atoms with E-state index in [0.29, 0.717) is 12.2 Å². The van der Waals surface area contributed by atoms with Crippen LogP contribution >= 0.6 is 0 Å². The van der Waals surface area contributed by atoms with E-state index in [4.69, 9.17) is 11.5 Å². The van der Waals surface area contributed by atoms with Crippen LogP contribution in [0.15, 0.2) is 30.6 Å². The van der Waals surface area contributed by atoms with Crippen molar-refractivity contribution in [1.29, 1.82) is 0 Å². The van der Waals surface area contributed by atoms with Gasteiger partial charge in [0, 0.05) is 19.2 Å². The van der Waals surface area contributed by atoms with Crippen LogP contribution in [0.5, 0.6) is 0 Å². The summed E-state index contributed by atoms with van der Waals surface area (Å²) in [4.78, 5) is 8.24. The highest BCUT2D eigenvalue weighted by molar-refractivity contribution is 5.88. The Morgan fingerprint density at radius 2 is 2.05 bits per heavy atom. The molecule has 6 heteroatoms. The van der Waals surface area contributed by atoms with Gasteiger partial charge in [-0.25, -0.2) is 9.97 Å². The van der Waals surface area contributed by atoms with E-state index in [2.05, 4.69) is 15.1 Å². The van der Waals surface area contributed by atoms with Crippen LogP contribution in [0.3, 0.4) is 0 Å². The van der Waals surface area contributed by atoms with Crippen molar-refractivity contribution in [2.75, 3.05) is 11.5 Å². The number of nitrogens with two attached hydrogens (primary N) is 2. The Kier molecular flexibility index (Phi) is 2.56. The maximum absolute atomic E-state index is 5.92. The molecule has 19 heavy (non-hydrogen) atoms. The van der Waals surface area contributed by atoms with Crippen LogP contribution in [-0.2, 0) is 13.5 Å². The first-order valence-electron chi connectivity index (χ1n) is 5.91. The minimum Gasteiger partial charge on any atom is -0.399 e. The number of hydrogen-bond donors (Lipinski definition) is 2. The van der Waals surface area contributed by atoms with Gasteiger partial charge in [-0.3, -0.25) is 4.68 Å². The molecule has 2 heterocycles. The van der Waals surface area contributed by atoms with Crippen molar-refractivity contribution in [3.05, 3.63) is 41.9 Å². The molecule has 0 atom stereocenters. The van der Waals surface area contributed by atoms with E-state index in [1.807, 2.05) is 31.3 Å². The van der Waals surface area contributed by atoms with Crippen molar-refractivity contribution in [3.63, 3.8) is 0 Å². The summed E-state index contributed by atoms with van der Waals surface area (Å²) in [5.41, 5.74) is 15.1. The minimum atomic E-state index is 0.456. The van der Waals surface area contributed by atoms with Crippen molar-refractivity contribution in [2.45, 2.75) is 6.42 Å². The fraction of sp³-hybridized carbons (Fsp3) is 0.154. The van der Waals surface area contributed by atoms with Gasteiger partial charge in [0.05, 0.1) is 11.1 Å². The lowest BCUT2D eigenvalue weighted by molar-refractivity contribution is 0.765. The molecule has 0 aliphatic heterocycles. The Balaban J connectivity index is 2.11. The standard InChI is InChI=1S/C13H14N6/c1-19-13-11(12(15)16-7-17-13)10(18-19)6-8-3-2-4-9(14)5-8/h2-5,7H,6,14H2,1H3,(H2,15,16,17). The minimum absolute atomic E-state index is 0.456. The first-order chi connectivity index (χ1) is 9.15. The molecule has 0 saturated heterocycles. The van der Waals surface area contributed by atoms with Crippen LogP contribution in [0.2, 0.25) is 0 Å². The summed E-state index contributed by atoms with van der Waals surface area (Å²) < 4.78 is 1.72. The summed E-state index contributed by atoms with van der Waals surface area (Å²) in [7, 11) is 1.84. The zero-order chi connectivity index (χ0) is 13.4. The molecule has 2 aromatic heterocycles. The summed E-state index contributed by atoms with van der Waals surface area (Å²) in [6, 6.07) is 7.73. The number of anilines is 2. The van der Waals surface area contributed by atoms with Gasteiger partial charge in [0.15, 0.2) is 5.65 Å². The summed E-state index contributed by atoms with van der Waals surface area (Å²) in [5, 5.41) is 5.28. The first kappa shape index (κ1) is 11.5. The van der Waals surface area contributed by atoms with E-state index in [1.165, 1.54) is 6.33 Å². The Hall–Kier alpha value is -2.63. The second-order valence-electron chi connectivity index (χ2n) is 4.45.